The number of hydrogen-bond acceptors (Lipinski definition) is 2. The van der Waals surface area contributed by atoms with Crippen LogP contribution in [0.15, 0.2) is 0 Å². The highest BCUT2D eigenvalue weighted by molar-refractivity contribution is 5.71. The van der Waals surface area contributed by atoms with Crippen LogP contribution in [0, 0.1) is 5.92 Å². The number of ether oxygens (including phenoxy) is 1. The van der Waals surface area contributed by atoms with Crippen LogP contribution < -0.4 is 0 Å². The SMILES string of the molecule is CCC[C@H]1OC[C@@H]1C(=O)O. The monoisotopic (exact) mass is 144 g/mol. The first-order valence-corrected chi connectivity index (χ1v) is 3.60. The van der Waals surface area contributed by atoms with Gasteiger partial charge >= 0.3 is 5.97 Å². The van der Waals surface area contributed by atoms with E-state index in [0.29, 0.717) is 6.61 Å². The number of hydrogen-bond donors (Lipinski definition) is 1. The largest absolute Gasteiger partial charge is 0.481 e. The molecule has 0 aromatic carbocycles. The molecule has 0 aliphatic carbocycles. The fourth-order valence-electron chi connectivity index (χ4n) is 1.13. The van der Waals surface area contributed by atoms with Crippen LogP contribution in [0.25, 0.3) is 0 Å². The molecule has 1 aliphatic heterocycles. The lowest BCUT2D eigenvalue weighted by atomic mass is 9.95. The maximum atomic E-state index is 10.4. The van der Waals surface area contributed by atoms with Crippen molar-refractivity contribution in [2.24, 2.45) is 5.92 Å². The summed E-state index contributed by atoms with van der Waals surface area (Å²) in [5.41, 5.74) is 0. The van der Waals surface area contributed by atoms with Crippen molar-refractivity contribution in [2.75, 3.05) is 6.61 Å². The molecule has 1 rings (SSSR count). The van der Waals surface area contributed by atoms with Crippen LogP contribution in [0.4, 0.5) is 0 Å². The quantitative estimate of drug-likeness (QED) is 0.639. The molecule has 3 heteroatoms. The van der Waals surface area contributed by atoms with Crippen LogP contribution in [0.2, 0.25) is 0 Å². The number of aliphatic carboxylic acids is 1. The molecule has 0 unspecified atom stereocenters. The van der Waals surface area contributed by atoms with E-state index in [4.69, 9.17) is 9.84 Å². The normalized spacial score (nSPS) is 31.3. The van der Waals surface area contributed by atoms with Gasteiger partial charge in [-0.1, -0.05) is 13.3 Å². The average Bonchev–Trinajstić information content (AvgIpc) is 1.78. The summed E-state index contributed by atoms with van der Waals surface area (Å²) in [4.78, 5) is 10.4. The van der Waals surface area contributed by atoms with Crippen LogP contribution in [-0.4, -0.2) is 23.8 Å². The number of carboxylic acids is 1. The van der Waals surface area contributed by atoms with Gasteiger partial charge in [-0.15, -0.1) is 0 Å². The summed E-state index contributed by atoms with van der Waals surface area (Å²) in [7, 11) is 0. The van der Waals surface area contributed by atoms with Gasteiger partial charge in [-0.05, 0) is 6.42 Å². The zero-order chi connectivity index (χ0) is 7.56. The van der Waals surface area contributed by atoms with E-state index in [9.17, 15) is 4.79 Å². The Hall–Kier alpha value is -0.570. The number of carbonyl (C=O) groups is 1. The van der Waals surface area contributed by atoms with Crippen molar-refractivity contribution < 1.29 is 14.6 Å². The molecule has 1 aliphatic rings. The lowest BCUT2D eigenvalue weighted by Crippen LogP contribution is -2.44. The van der Waals surface area contributed by atoms with E-state index in [2.05, 4.69) is 0 Å². The standard InChI is InChI=1S/C7H12O3/c1-2-3-6-5(4-10-6)7(8)9/h5-6H,2-4H2,1H3,(H,8,9)/t5-,6+/m0/s1. The van der Waals surface area contributed by atoms with Crippen molar-refractivity contribution in [2.45, 2.75) is 25.9 Å². The summed E-state index contributed by atoms with van der Waals surface area (Å²) in [6.07, 6.45) is 1.85. The molecular formula is C7H12O3. The average molecular weight is 144 g/mol. The van der Waals surface area contributed by atoms with Crippen LogP contribution in [-0.2, 0) is 9.53 Å². The minimum atomic E-state index is -0.718. The highest BCUT2D eigenvalue weighted by Gasteiger charge is 2.36. The van der Waals surface area contributed by atoms with Crippen molar-refractivity contribution in [1.29, 1.82) is 0 Å². The second-order valence-electron chi connectivity index (χ2n) is 2.61. The van der Waals surface area contributed by atoms with E-state index < -0.39 is 5.97 Å². The van der Waals surface area contributed by atoms with Gasteiger partial charge in [0.1, 0.15) is 5.92 Å². The van der Waals surface area contributed by atoms with Gasteiger partial charge in [0.25, 0.3) is 0 Å². The number of rotatable bonds is 3. The first kappa shape index (κ1) is 7.54. The summed E-state index contributed by atoms with van der Waals surface area (Å²) in [5, 5.41) is 8.55. The third-order valence-corrected chi connectivity index (χ3v) is 1.83. The maximum absolute atomic E-state index is 10.4. The molecule has 0 aromatic heterocycles. The van der Waals surface area contributed by atoms with E-state index in [-0.39, 0.29) is 12.0 Å². The highest BCUT2D eigenvalue weighted by atomic mass is 16.5. The zero-order valence-corrected chi connectivity index (χ0v) is 6.04. The van der Waals surface area contributed by atoms with Crippen LogP contribution in [0.3, 0.4) is 0 Å². The molecule has 3 nitrogen and oxygen atoms in total. The summed E-state index contributed by atoms with van der Waals surface area (Å²) in [6.45, 7) is 2.43. The minimum Gasteiger partial charge on any atom is -0.481 e. The molecule has 0 bridgehead atoms. The molecule has 1 N–H and O–H groups in total. The van der Waals surface area contributed by atoms with E-state index in [1.807, 2.05) is 6.92 Å². The van der Waals surface area contributed by atoms with Crippen molar-refractivity contribution in [3.8, 4) is 0 Å². The Labute approximate surface area is 60.0 Å². The molecule has 58 valence electrons. The molecule has 2 atom stereocenters. The summed E-state index contributed by atoms with van der Waals surface area (Å²) in [5.74, 6) is -0.954. The molecule has 0 amide bonds. The molecule has 1 fully saturated rings. The Bertz CT molecular complexity index is 133. The molecule has 0 radical (unpaired) electrons. The van der Waals surface area contributed by atoms with E-state index >= 15 is 0 Å². The minimum absolute atomic E-state index is 0.0116. The second kappa shape index (κ2) is 3.01. The van der Waals surface area contributed by atoms with Crippen molar-refractivity contribution >= 4 is 5.97 Å². The maximum Gasteiger partial charge on any atom is 0.311 e. The highest BCUT2D eigenvalue weighted by Crippen LogP contribution is 2.24. The van der Waals surface area contributed by atoms with Gasteiger partial charge in [0.15, 0.2) is 0 Å². The molecule has 1 saturated heterocycles. The fourth-order valence-corrected chi connectivity index (χ4v) is 1.13. The molecular weight excluding hydrogens is 132 g/mol. The van der Waals surface area contributed by atoms with Gasteiger partial charge in [0.2, 0.25) is 0 Å². The summed E-state index contributed by atoms with van der Waals surface area (Å²) >= 11 is 0. The predicted molar refractivity (Wildman–Crippen MR) is 35.8 cm³/mol. The number of carboxylic acid groups (broad SMARTS) is 1. The molecule has 1 heterocycles. The lowest BCUT2D eigenvalue weighted by Gasteiger charge is -2.33. The third-order valence-electron chi connectivity index (χ3n) is 1.83. The van der Waals surface area contributed by atoms with Gasteiger partial charge in [-0.3, -0.25) is 4.79 Å². The summed E-state index contributed by atoms with van der Waals surface area (Å²) in [6, 6.07) is 0. The zero-order valence-electron chi connectivity index (χ0n) is 6.04. The first-order valence-electron chi connectivity index (χ1n) is 3.60. The van der Waals surface area contributed by atoms with Crippen LogP contribution in [0.5, 0.6) is 0 Å². The predicted octanol–water partition coefficient (Wildman–Crippen LogP) is 0.886. The molecule has 0 spiro atoms. The van der Waals surface area contributed by atoms with Crippen molar-refractivity contribution in [3.63, 3.8) is 0 Å². The molecule has 0 saturated carbocycles. The third kappa shape index (κ3) is 1.29. The van der Waals surface area contributed by atoms with Crippen LogP contribution >= 0.6 is 0 Å². The second-order valence-corrected chi connectivity index (χ2v) is 2.61. The van der Waals surface area contributed by atoms with Gasteiger partial charge in [0, 0.05) is 0 Å². The fraction of sp³-hybridized carbons (Fsp3) is 0.857. The Balaban J connectivity index is 2.28. The summed E-state index contributed by atoms with van der Waals surface area (Å²) < 4.78 is 5.06. The molecule has 10 heavy (non-hydrogen) atoms. The Morgan fingerprint density at radius 1 is 1.80 bits per heavy atom. The van der Waals surface area contributed by atoms with Gasteiger partial charge < -0.3 is 9.84 Å². The topological polar surface area (TPSA) is 46.5 Å². The smallest absolute Gasteiger partial charge is 0.311 e. The Morgan fingerprint density at radius 3 is 2.80 bits per heavy atom. The van der Waals surface area contributed by atoms with Crippen molar-refractivity contribution in [1.82, 2.24) is 0 Å². The van der Waals surface area contributed by atoms with E-state index in [1.54, 1.807) is 0 Å². The van der Waals surface area contributed by atoms with Crippen LogP contribution in [0.1, 0.15) is 19.8 Å². The lowest BCUT2D eigenvalue weighted by molar-refractivity contribution is -0.173. The van der Waals surface area contributed by atoms with Gasteiger partial charge in [0.05, 0.1) is 12.7 Å². The van der Waals surface area contributed by atoms with Gasteiger partial charge in [-0.25, -0.2) is 0 Å². The van der Waals surface area contributed by atoms with E-state index in [0.717, 1.165) is 12.8 Å². The van der Waals surface area contributed by atoms with Crippen molar-refractivity contribution in [3.05, 3.63) is 0 Å². The van der Waals surface area contributed by atoms with Gasteiger partial charge in [-0.2, -0.15) is 0 Å². The Kier molecular flexibility index (Phi) is 2.27. The molecule has 0 aromatic rings. The first-order chi connectivity index (χ1) is 4.75. The van der Waals surface area contributed by atoms with E-state index in [1.165, 1.54) is 0 Å². The Morgan fingerprint density at radius 2 is 2.50 bits per heavy atom.